The van der Waals surface area contributed by atoms with Crippen molar-refractivity contribution in [3.63, 3.8) is 0 Å². The summed E-state index contributed by atoms with van der Waals surface area (Å²) < 4.78 is 6.97. The number of β-amino-alcohol motifs (C(OH)–C–C–N with tert-alkyl or cyclic N) is 1. The fraction of sp³-hybridized carbons (Fsp3) is 0.786. The maximum absolute atomic E-state index is 10.2. The van der Waals surface area contributed by atoms with E-state index in [9.17, 15) is 5.11 Å². The summed E-state index contributed by atoms with van der Waals surface area (Å²) in [5.41, 5.74) is 1.65. The minimum absolute atomic E-state index is 0.598. The number of aryl methyl sites for hydroxylation is 2. The molecule has 0 spiro atoms. The molecule has 1 saturated heterocycles. The smallest absolute Gasteiger partial charge is 0.131 e. The number of nitrogens with zero attached hydrogens (tertiary/aromatic N) is 3. The van der Waals surface area contributed by atoms with Crippen molar-refractivity contribution in [2.75, 3.05) is 38.3 Å². The summed E-state index contributed by atoms with van der Waals surface area (Å²) in [4.78, 5) is 2.23. The number of rotatable bonds is 6. The van der Waals surface area contributed by atoms with E-state index in [1.165, 1.54) is 5.56 Å². The van der Waals surface area contributed by atoms with E-state index in [4.69, 9.17) is 4.74 Å². The van der Waals surface area contributed by atoms with Crippen LogP contribution in [0.1, 0.15) is 24.6 Å². The predicted octanol–water partition coefficient (Wildman–Crippen LogP) is 0.426. The molecule has 2 heterocycles. The zero-order valence-corrected chi connectivity index (χ0v) is 12.9. The predicted molar refractivity (Wildman–Crippen MR) is 79.0 cm³/mol. The van der Waals surface area contributed by atoms with Gasteiger partial charge in [-0.3, -0.25) is 4.68 Å². The number of nitrogens with one attached hydrogen (secondary N) is 1. The maximum Gasteiger partial charge on any atom is 0.131 e. The first-order chi connectivity index (χ1) is 9.44. The average Bonchev–Trinajstić information content (AvgIpc) is 2.85. The van der Waals surface area contributed by atoms with Gasteiger partial charge >= 0.3 is 0 Å². The van der Waals surface area contributed by atoms with Crippen LogP contribution in [0.2, 0.25) is 0 Å². The molecule has 1 aromatic heterocycles. The van der Waals surface area contributed by atoms with Crippen molar-refractivity contribution >= 4 is 5.82 Å². The summed E-state index contributed by atoms with van der Waals surface area (Å²) in [5.74, 6) is 1.12. The minimum atomic E-state index is -0.598. The highest BCUT2D eigenvalue weighted by Gasteiger charge is 2.34. The zero-order chi connectivity index (χ0) is 14.8. The van der Waals surface area contributed by atoms with Gasteiger partial charge in [-0.1, -0.05) is 0 Å². The standard InChI is InChI=1S/C14H26N4O2/c1-11-12(9-15-6-8-20-4)13(17(3)16-11)18-7-5-14(2,19)10-18/h15,19H,5-10H2,1-4H3. The van der Waals surface area contributed by atoms with Gasteiger partial charge in [-0.25, -0.2) is 0 Å². The van der Waals surface area contributed by atoms with Crippen LogP contribution < -0.4 is 10.2 Å². The summed E-state index contributed by atoms with van der Waals surface area (Å²) in [6, 6.07) is 0. The van der Waals surface area contributed by atoms with E-state index in [2.05, 4.69) is 15.3 Å². The molecular formula is C14H26N4O2. The molecule has 0 saturated carbocycles. The SMILES string of the molecule is COCCNCc1c(C)nn(C)c1N1CCC(C)(O)C1. The van der Waals surface area contributed by atoms with E-state index in [0.29, 0.717) is 13.2 Å². The third-order valence-corrected chi connectivity index (χ3v) is 3.85. The van der Waals surface area contributed by atoms with Crippen molar-refractivity contribution in [2.24, 2.45) is 7.05 Å². The summed E-state index contributed by atoms with van der Waals surface area (Å²) in [5, 5.41) is 18.1. The van der Waals surface area contributed by atoms with Crippen LogP contribution in [0.5, 0.6) is 0 Å². The van der Waals surface area contributed by atoms with Crippen LogP contribution >= 0.6 is 0 Å². The van der Waals surface area contributed by atoms with Gasteiger partial charge in [-0.15, -0.1) is 0 Å². The van der Waals surface area contributed by atoms with Gasteiger partial charge in [0.2, 0.25) is 0 Å². The molecule has 1 aromatic rings. The number of hydrogen-bond acceptors (Lipinski definition) is 5. The second kappa shape index (κ2) is 6.11. The van der Waals surface area contributed by atoms with Crippen LogP contribution in [-0.2, 0) is 18.3 Å². The van der Waals surface area contributed by atoms with Gasteiger partial charge in [0.05, 0.1) is 17.9 Å². The highest BCUT2D eigenvalue weighted by molar-refractivity contribution is 5.51. The largest absolute Gasteiger partial charge is 0.388 e. The van der Waals surface area contributed by atoms with Crippen LogP contribution in [0.15, 0.2) is 0 Å². The molecule has 0 bridgehead atoms. The maximum atomic E-state index is 10.2. The molecule has 2 N–H and O–H groups in total. The Kier molecular flexibility index (Phi) is 4.67. The van der Waals surface area contributed by atoms with Crippen molar-refractivity contribution in [1.29, 1.82) is 0 Å². The average molecular weight is 282 g/mol. The molecule has 0 amide bonds. The molecule has 1 atom stereocenters. The fourth-order valence-corrected chi connectivity index (χ4v) is 2.81. The lowest BCUT2D eigenvalue weighted by atomic mass is 10.1. The second-order valence-corrected chi connectivity index (χ2v) is 5.85. The molecule has 0 radical (unpaired) electrons. The fourth-order valence-electron chi connectivity index (χ4n) is 2.81. The van der Waals surface area contributed by atoms with E-state index in [1.54, 1.807) is 7.11 Å². The first kappa shape index (κ1) is 15.3. The molecule has 0 aliphatic carbocycles. The summed E-state index contributed by atoms with van der Waals surface area (Å²) in [7, 11) is 3.67. The van der Waals surface area contributed by atoms with Gasteiger partial charge < -0.3 is 20.1 Å². The van der Waals surface area contributed by atoms with E-state index in [0.717, 1.165) is 37.6 Å². The third kappa shape index (κ3) is 3.31. The highest BCUT2D eigenvalue weighted by atomic mass is 16.5. The molecule has 0 aromatic carbocycles. The number of aromatic nitrogens is 2. The number of ether oxygens (including phenoxy) is 1. The van der Waals surface area contributed by atoms with E-state index in [1.807, 2.05) is 25.6 Å². The Balaban J connectivity index is 2.11. The summed E-state index contributed by atoms with van der Waals surface area (Å²) in [6.07, 6.45) is 0.799. The molecule has 1 unspecified atom stereocenters. The molecule has 6 heteroatoms. The topological polar surface area (TPSA) is 62.5 Å². The molecule has 2 rings (SSSR count). The van der Waals surface area contributed by atoms with Gasteiger partial charge in [0.1, 0.15) is 5.82 Å². The number of aliphatic hydroxyl groups is 1. The molecule has 1 aliphatic rings. The van der Waals surface area contributed by atoms with Crippen molar-refractivity contribution in [3.8, 4) is 0 Å². The molecular weight excluding hydrogens is 256 g/mol. The van der Waals surface area contributed by atoms with Gasteiger partial charge in [-0.05, 0) is 20.3 Å². The Morgan fingerprint density at radius 2 is 2.25 bits per heavy atom. The first-order valence-electron chi connectivity index (χ1n) is 7.14. The Morgan fingerprint density at radius 1 is 1.50 bits per heavy atom. The number of methoxy groups -OCH3 is 1. The lowest BCUT2D eigenvalue weighted by Gasteiger charge is -2.22. The van der Waals surface area contributed by atoms with E-state index >= 15 is 0 Å². The Morgan fingerprint density at radius 3 is 2.85 bits per heavy atom. The lowest BCUT2D eigenvalue weighted by Crippen LogP contribution is -2.31. The van der Waals surface area contributed by atoms with Crippen LogP contribution in [-0.4, -0.2) is 53.8 Å². The lowest BCUT2D eigenvalue weighted by molar-refractivity contribution is 0.0838. The van der Waals surface area contributed by atoms with Gasteiger partial charge in [0.15, 0.2) is 0 Å². The number of anilines is 1. The quantitative estimate of drug-likeness (QED) is 0.741. The molecule has 20 heavy (non-hydrogen) atoms. The van der Waals surface area contributed by atoms with Crippen LogP contribution in [0.4, 0.5) is 5.82 Å². The van der Waals surface area contributed by atoms with Crippen LogP contribution in [0.3, 0.4) is 0 Å². The third-order valence-electron chi connectivity index (χ3n) is 3.85. The van der Waals surface area contributed by atoms with Crippen molar-refractivity contribution in [3.05, 3.63) is 11.3 Å². The van der Waals surface area contributed by atoms with Gasteiger partial charge in [0, 0.05) is 45.9 Å². The summed E-state index contributed by atoms with van der Waals surface area (Å²) >= 11 is 0. The van der Waals surface area contributed by atoms with Gasteiger partial charge in [-0.2, -0.15) is 5.10 Å². The Bertz CT molecular complexity index is 456. The second-order valence-electron chi connectivity index (χ2n) is 5.85. The number of hydrogen-bond donors (Lipinski definition) is 2. The molecule has 6 nitrogen and oxygen atoms in total. The monoisotopic (exact) mass is 282 g/mol. The molecule has 114 valence electrons. The first-order valence-corrected chi connectivity index (χ1v) is 7.14. The van der Waals surface area contributed by atoms with E-state index < -0.39 is 5.60 Å². The van der Waals surface area contributed by atoms with Crippen molar-refractivity contribution in [2.45, 2.75) is 32.4 Å². The zero-order valence-electron chi connectivity index (χ0n) is 12.9. The van der Waals surface area contributed by atoms with Crippen molar-refractivity contribution < 1.29 is 9.84 Å². The molecule has 1 aliphatic heterocycles. The Labute approximate surface area is 120 Å². The van der Waals surface area contributed by atoms with Crippen molar-refractivity contribution in [1.82, 2.24) is 15.1 Å². The van der Waals surface area contributed by atoms with Crippen LogP contribution in [0, 0.1) is 6.92 Å². The van der Waals surface area contributed by atoms with Crippen LogP contribution in [0.25, 0.3) is 0 Å². The van der Waals surface area contributed by atoms with E-state index in [-0.39, 0.29) is 0 Å². The highest BCUT2D eigenvalue weighted by Crippen LogP contribution is 2.30. The summed E-state index contributed by atoms with van der Waals surface area (Å²) in [6.45, 7) is 7.76. The van der Waals surface area contributed by atoms with Gasteiger partial charge in [0.25, 0.3) is 0 Å². The normalized spacial score (nSPS) is 22.8. The minimum Gasteiger partial charge on any atom is -0.388 e. The molecule has 1 fully saturated rings. The Hall–Kier alpha value is -1.11.